The lowest BCUT2D eigenvalue weighted by Crippen LogP contribution is -1.81. The first-order chi connectivity index (χ1) is 8.26. The van der Waals surface area contributed by atoms with Crippen molar-refractivity contribution in [3.8, 4) is 5.75 Å². The lowest BCUT2D eigenvalue weighted by atomic mass is 10.1. The zero-order valence-electron chi connectivity index (χ0n) is 10.6. The molecule has 0 saturated heterocycles. The van der Waals surface area contributed by atoms with Crippen molar-refractivity contribution >= 4 is 0 Å². The fourth-order valence-electron chi connectivity index (χ4n) is 1.44. The molecule has 17 heavy (non-hydrogen) atoms. The van der Waals surface area contributed by atoms with Crippen molar-refractivity contribution in [3.63, 3.8) is 0 Å². The van der Waals surface area contributed by atoms with Crippen LogP contribution < -0.4 is 0 Å². The van der Waals surface area contributed by atoms with Crippen LogP contribution in [-0.4, -0.2) is 5.11 Å². The van der Waals surface area contributed by atoms with Crippen LogP contribution in [0.5, 0.6) is 5.75 Å². The zero-order valence-corrected chi connectivity index (χ0v) is 10.6. The molecule has 1 nitrogen and oxygen atoms in total. The standard InChI is InChI=1S/C10H14.C6H6O/c1-3-9-5-7-10(4-2)8-6-9;7-6-4-2-1-3-5-6/h5-8H,3-4H2,1-2H3;1-5,7H. The first-order valence-electron chi connectivity index (χ1n) is 6.08. The molecule has 0 spiro atoms. The summed E-state index contributed by atoms with van der Waals surface area (Å²) in [7, 11) is 0. The molecule has 1 heteroatoms. The van der Waals surface area contributed by atoms with Gasteiger partial charge in [0.2, 0.25) is 0 Å². The summed E-state index contributed by atoms with van der Waals surface area (Å²) in [4.78, 5) is 0. The molecule has 0 saturated carbocycles. The van der Waals surface area contributed by atoms with Crippen molar-refractivity contribution in [3.05, 3.63) is 65.7 Å². The van der Waals surface area contributed by atoms with Gasteiger partial charge in [-0.15, -0.1) is 0 Å². The highest BCUT2D eigenvalue weighted by atomic mass is 16.3. The van der Waals surface area contributed by atoms with Crippen LogP contribution in [0.2, 0.25) is 0 Å². The highest BCUT2D eigenvalue weighted by molar-refractivity contribution is 5.22. The summed E-state index contributed by atoms with van der Waals surface area (Å²) in [5.41, 5.74) is 2.86. The number of aryl methyl sites for hydroxylation is 2. The summed E-state index contributed by atoms with van der Waals surface area (Å²) in [6.07, 6.45) is 2.29. The molecule has 1 N–H and O–H groups in total. The molecule has 0 fully saturated rings. The van der Waals surface area contributed by atoms with E-state index >= 15 is 0 Å². The van der Waals surface area contributed by atoms with Crippen molar-refractivity contribution in [2.24, 2.45) is 0 Å². The molecule has 0 aromatic heterocycles. The minimum Gasteiger partial charge on any atom is -0.508 e. The summed E-state index contributed by atoms with van der Waals surface area (Å²) < 4.78 is 0. The minimum atomic E-state index is 0.322. The molecule has 0 amide bonds. The average molecular weight is 228 g/mol. The maximum Gasteiger partial charge on any atom is 0.115 e. The monoisotopic (exact) mass is 228 g/mol. The van der Waals surface area contributed by atoms with Gasteiger partial charge < -0.3 is 5.11 Å². The van der Waals surface area contributed by atoms with E-state index in [1.54, 1.807) is 24.3 Å². The van der Waals surface area contributed by atoms with Crippen LogP contribution in [0.25, 0.3) is 0 Å². The second-order valence-electron chi connectivity index (χ2n) is 3.86. The smallest absolute Gasteiger partial charge is 0.115 e. The Kier molecular flexibility index (Phi) is 5.87. The largest absolute Gasteiger partial charge is 0.508 e. The molecule has 0 aliphatic rings. The third-order valence-electron chi connectivity index (χ3n) is 2.60. The number of aromatic hydroxyl groups is 1. The van der Waals surface area contributed by atoms with E-state index in [-0.39, 0.29) is 0 Å². The Morgan fingerprint density at radius 3 is 1.35 bits per heavy atom. The highest BCUT2D eigenvalue weighted by Gasteiger charge is 1.88. The molecule has 0 atom stereocenters. The molecule has 0 radical (unpaired) electrons. The summed E-state index contributed by atoms with van der Waals surface area (Å²) in [5.74, 6) is 0.322. The van der Waals surface area contributed by atoms with Gasteiger partial charge in [0.25, 0.3) is 0 Å². The third kappa shape index (κ3) is 5.21. The van der Waals surface area contributed by atoms with Gasteiger partial charge in [0, 0.05) is 0 Å². The summed E-state index contributed by atoms with van der Waals surface area (Å²) in [5, 5.41) is 8.63. The van der Waals surface area contributed by atoms with Gasteiger partial charge in [-0.25, -0.2) is 0 Å². The summed E-state index contributed by atoms with van der Waals surface area (Å²) in [6.45, 7) is 4.36. The van der Waals surface area contributed by atoms with E-state index in [1.807, 2.05) is 6.07 Å². The zero-order chi connectivity index (χ0) is 12.5. The Balaban J connectivity index is 0.000000181. The van der Waals surface area contributed by atoms with E-state index in [0.29, 0.717) is 5.75 Å². The van der Waals surface area contributed by atoms with Crippen molar-refractivity contribution in [2.45, 2.75) is 26.7 Å². The Labute approximate surface area is 104 Å². The van der Waals surface area contributed by atoms with E-state index in [2.05, 4.69) is 38.1 Å². The van der Waals surface area contributed by atoms with Gasteiger partial charge in [-0.1, -0.05) is 56.3 Å². The van der Waals surface area contributed by atoms with Gasteiger partial charge in [-0.2, -0.15) is 0 Å². The van der Waals surface area contributed by atoms with Gasteiger partial charge >= 0.3 is 0 Å². The lowest BCUT2D eigenvalue weighted by molar-refractivity contribution is 0.475. The van der Waals surface area contributed by atoms with Crippen molar-refractivity contribution in [2.75, 3.05) is 0 Å². The van der Waals surface area contributed by atoms with Crippen molar-refractivity contribution in [1.82, 2.24) is 0 Å². The van der Waals surface area contributed by atoms with E-state index < -0.39 is 0 Å². The van der Waals surface area contributed by atoms with Crippen LogP contribution >= 0.6 is 0 Å². The van der Waals surface area contributed by atoms with Crippen molar-refractivity contribution < 1.29 is 5.11 Å². The predicted octanol–water partition coefficient (Wildman–Crippen LogP) is 4.20. The van der Waals surface area contributed by atoms with Crippen LogP contribution in [0.1, 0.15) is 25.0 Å². The molecule has 0 heterocycles. The first-order valence-corrected chi connectivity index (χ1v) is 6.08. The molecular weight excluding hydrogens is 208 g/mol. The Morgan fingerprint density at radius 1 is 0.706 bits per heavy atom. The van der Waals surface area contributed by atoms with Gasteiger partial charge in [0.15, 0.2) is 0 Å². The van der Waals surface area contributed by atoms with E-state index in [1.165, 1.54) is 11.1 Å². The Morgan fingerprint density at radius 2 is 1.12 bits per heavy atom. The van der Waals surface area contributed by atoms with Crippen LogP contribution in [0.4, 0.5) is 0 Å². The molecule has 90 valence electrons. The Bertz CT molecular complexity index is 380. The minimum absolute atomic E-state index is 0.322. The first kappa shape index (κ1) is 13.3. The van der Waals surface area contributed by atoms with Gasteiger partial charge in [0.05, 0.1) is 0 Å². The van der Waals surface area contributed by atoms with Crippen LogP contribution in [0.15, 0.2) is 54.6 Å². The molecule has 2 aromatic rings. The lowest BCUT2D eigenvalue weighted by Gasteiger charge is -1.97. The molecule has 0 unspecified atom stereocenters. The number of hydrogen-bond acceptors (Lipinski definition) is 1. The maximum absolute atomic E-state index is 8.63. The predicted molar refractivity (Wildman–Crippen MR) is 73.3 cm³/mol. The quantitative estimate of drug-likeness (QED) is 0.816. The Hall–Kier alpha value is -1.76. The van der Waals surface area contributed by atoms with Crippen LogP contribution in [-0.2, 0) is 12.8 Å². The molecular formula is C16H20O. The average Bonchev–Trinajstić information content (AvgIpc) is 2.40. The number of rotatable bonds is 2. The van der Waals surface area contributed by atoms with Gasteiger partial charge in [-0.3, -0.25) is 0 Å². The number of hydrogen-bond donors (Lipinski definition) is 1. The molecule has 2 rings (SSSR count). The molecule has 0 bridgehead atoms. The van der Waals surface area contributed by atoms with E-state index in [4.69, 9.17) is 5.11 Å². The number of para-hydroxylation sites is 1. The molecule has 0 aliphatic heterocycles. The summed E-state index contributed by atoms with van der Waals surface area (Å²) >= 11 is 0. The number of benzene rings is 2. The normalized spacial score (nSPS) is 9.29. The highest BCUT2D eigenvalue weighted by Crippen LogP contribution is 2.04. The maximum atomic E-state index is 8.63. The number of phenolic OH excluding ortho intramolecular Hbond substituents is 1. The van der Waals surface area contributed by atoms with Crippen LogP contribution in [0.3, 0.4) is 0 Å². The molecule has 2 aromatic carbocycles. The topological polar surface area (TPSA) is 20.2 Å². The van der Waals surface area contributed by atoms with Crippen LogP contribution in [0, 0.1) is 0 Å². The second kappa shape index (κ2) is 7.50. The van der Waals surface area contributed by atoms with Crippen molar-refractivity contribution in [1.29, 1.82) is 0 Å². The van der Waals surface area contributed by atoms with E-state index in [9.17, 15) is 0 Å². The fourth-order valence-corrected chi connectivity index (χ4v) is 1.44. The van der Waals surface area contributed by atoms with Gasteiger partial charge in [0.1, 0.15) is 5.75 Å². The second-order valence-corrected chi connectivity index (χ2v) is 3.86. The van der Waals surface area contributed by atoms with E-state index in [0.717, 1.165) is 12.8 Å². The summed E-state index contributed by atoms with van der Waals surface area (Å²) in [6, 6.07) is 17.5. The molecule has 0 aliphatic carbocycles. The fraction of sp³-hybridized carbons (Fsp3) is 0.250. The van der Waals surface area contributed by atoms with Gasteiger partial charge in [-0.05, 0) is 36.1 Å². The SMILES string of the molecule is CCc1ccc(CC)cc1.Oc1ccccc1. The third-order valence-corrected chi connectivity index (χ3v) is 2.60. The number of phenols is 1.